The zero-order chi connectivity index (χ0) is 13.0. The van der Waals surface area contributed by atoms with Crippen molar-refractivity contribution in [1.82, 2.24) is 0 Å². The van der Waals surface area contributed by atoms with Crippen molar-refractivity contribution in [1.29, 1.82) is 5.26 Å². The van der Waals surface area contributed by atoms with Crippen LogP contribution in [-0.2, 0) is 0 Å². The van der Waals surface area contributed by atoms with Gasteiger partial charge in [0.05, 0.1) is 17.2 Å². The molecule has 0 aliphatic rings. The van der Waals surface area contributed by atoms with E-state index in [1.165, 1.54) is 0 Å². The summed E-state index contributed by atoms with van der Waals surface area (Å²) in [7, 11) is 0. The second-order valence-corrected chi connectivity index (χ2v) is 3.84. The number of rotatable bonds is 2. The van der Waals surface area contributed by atoms with Gasteiger partial charge in [0.2, 0.25) is 5.69 Å². The van der Waals surface area contributed by atoms with Crippen LogP contribution in [0, 0.1) is 17.9 Å². The summed E-state index contributed by atoms with van der Waals surface area (Å²) >= 11 is 5.91. The quantitative estimate of drug-likeness (QED) is 0.737. The van der Waals surface area contributed by atoms with E-state index in [0.717, 1.165) is 0 Å². The summed E-state index contributed by atoms with van der Waals surface area (Å²) in [5.41, 5.74) is 0.820. The van der Waals surface area contributed by atoms with E-state index in [-0.39, 0.29) is 0 Å². The number of hydrogen-bond acceptors (Lipinski definition) is 2. The molecule has 4 heteroatoms. The van der Waals surface area contributed by atoms with Gasteiger partial charge in [0.15, 0.2) is 0 Å². The zero-order valence-corrected chi connectivity index (χ0v) is 9.98. The number of benzene rings is 2. The number of para-hydroxylation sites is 1. The van der Waals surface area contributed by atoms with Gasteiger partial charge < -0.3 is 4.74 Å². The molecule has 86 valence electrons. The number of halogens is 1. The summed E-state index contributed by atoms with van der Waals surface area (Å²) in [5.74, 6) is 0.960. The Hall–Kier alpha value is -2.49. The molecule has 0 heterocycles. The highest BCUT2D eigenvalue weighted by Crippen LogP contribution is 2.32. The summed E-state index contributed by atoms with van der Waals surface area (Å²) in [6.07, 6.45) is 0. The van der Waals surface area contributed by atoms with E-state index in [0.29, 0.717) is 27.8 Å². The van der Waals surface area contributed by atoms with E-state index in [1.54, 1.807) is 42.5 Å². The Kier molecular flexibility index (Phi) is 3.48. The topological polar surface area (TPSA) is 37.4 Å². The van der Waals surface area contributed by atoms with Crippen LogP contribution >= 0.6 is 11.6 Å². The Labute approximate surface area is 110 Å². The Bertz CT molecular complexity index is 668. The first-order valence-corrected chi connectivity index (χ1v) is 5.46. The Morgan fingerprint density at radius 2 is 2.00 bits per heavy atom. The fourth-order valence-corrected chi connectivity index (χ4v) is 1.63. The van der Waals surface area contributed by atoms with E-state index in [2.05, 4.69) is 4.85 Å². The number of hydrogen-bond donors (Lipinski definition) is 0. The monoisotopic (exact) mass is 254 g/mol. The highest BCUT2D eigenvalue weighted by molar-refractivity contribution is 6.33. The molecule has 3 nitrogen and oxygen atoms in total. The molecule has 2 aromatic carbocycles. The molecule has 2 aromatic rings. The van der Waals surface area contributed by atoms with Gasteiger partial charge in [-0.05, 0) is 24.3 Å². The van der Waals surface area contributed by atoms with Crippen LogP contribution in [0.25, 0.3) is 4.85 Å². The highest BCUT2D eigenvalue weighted by atomic mass is 35.5. The minimum atomic E-state index is 0.330. The maximum absolute atomic E-state index is 8.94. The van der Waals surface area contributed by atoms with Gasteiger partial charge in [0.25, 0.3) is 0 Å². The summed E-state index contributed by atoms with van der Waals surface area (Å²) in [6.45, 7) is 6.90. The Morgan fingerprint density at radius 1 is 1.22 bits per heavy atom. The molecular formula is C14H7ClN2O. The summed E-state index contributed by atoms with van der Waals surface area (Å²) in [4.78, 5) is 3.26. The van der Waals surface area contributed by atoms with Crippen molar-refractivity contribution in [2.75, 3.05) is 0 Å². The third kappa shape index (κ3) is 2.43. The van der Waals surface area contributed by atoms with Gasteiger partial charge in [-0.3, -0.25) is 0 Å². The summed E-state index contributed by atoms with van der Waals surface area (Å²) < 4.78 is 5.57. The lowest BCUT2D eigenvalue weighted by atomic mass is 10.2. The van der Waals surface area contributed by atoms with Crippen molar-refractivity contribution in [3.63, 3.8) is 0 Å². The molecule has 0 unspecified atom stereocenters. The largest absolute Gasteiger partial charge is 0.456 e. The predicted octanol–water partition coefficient (Wildman–Crippen LogP) is 4.55. The molecule has 0 fully saturated rings. The lowest BCUT2D eigenvalue weighted by Crippen LogP contribution is -1.87. The van der Waals surface area contributed by atoms with Crippen molar-refractivity contribution >= 4 is 17.3 Å². The van der Waals surface area contributed by atoms with E-state index in [4.69, 9.17) is 28.2 Å². The first kappa shape index (κ1) is 12.0. The molecule has 0 saturated carbocycles. The number of nitriles is 1. The molecule has 18 heavy (non-hydrogen) atoms. The van der Waals surface area contributed by atoms with E-state index < -0.39 is 0 Å². The SMILES string of the molecule is [C-]#[N+]c1ccc(Oc2ccccc2C#N)cc1Cl. The van der Waals surface area contributed by atoms with Gasteiger partial charge in [0, 0.05) is 0 Å². The standard InChI is InChI=1S/C14H7ClN2O/c1-17-13-7-6-11(8-12(13)15)18-14-5-3-2-4-10(14)9-16/h2-8H. The van der Waals surface area contributed by atoms with Gasteiger partial charge in [0.1, 0.15) is 17.6 Å². The molecule has 0 aromatic heterocycles. The third-order valence-corrected chi connectivity index (χ3v) is 2.58. The highest BCUT2D eigenvalue weighted by Gasteiger charge is 2.06. The maximum Gasteiger partial charge on any atom is 0.205 e. The molecule has 0 spiro atoms. The minimum absolute atomic E-state index is 0.330. The lowest BCUT2D eigenvalue weighted by molar-refractivity contribution is 0.481. The first-order chi connectivity index (χ1) is 8.74. The fraction of sp³-hybridized carbons (Fsp3) is 0. The molecule has 0 aliphatic carbocycles. The third-order valence-electron chi connectivity index (χ3n) is 2.27. The van der Waals surface area contributed by atoms with Gasteiger partial charge in [-0.2, -0.15) is 5.26 Å². The summed E-state index contributed by atoms with van der Waals surface area (Å²) in [6, 6.07) is 13.8. The van der Waals surface area contributed by atoms with Crippen molar-refractivity contribution in [2.24, 2.45) is 0 Å². The van der Waals surface area contributed by atoms with Crippen molar-refractivity contribution in [2.45, 2.75) is 0 Å². The Morgan fingerprint density at radius 3 is 2.67 bits per heavy atom. The van der Waals surface area contributed by atoms with E-state index in [1.807, 2.05) is 6.07 Å². The number of nitrogens with zero attached hydrogens (tertiary/aromatic N) is 2. The normalized spacial score (nSPS) is 9.28. The van der Waals surface area contributed by atoms with Crippen LogP contribution in [0.4, 0.5) is 5.69 Å². The van der Waals surface area contributed by atoms with Gasteiger partial charge in [-0.25, -0.2) is 4.85 Å². The van der Waals surface area contributed by atoms with Crippen LogP contribution in [0.5, 0.6) is 11.5 Å². The van der Waals surface area contributed by atoms with Gasteiger partial charge in [-0.15, -0.1) is 0 Å². The lowest BCUT2D eigenvalue weighted by Gasteiger charge is -2.07. The average molecular weight is 255 g/mol. The summed E-state index contributed by atoms with van der Waals surface area (Å²) in [5, 5.41) is 9.27. The molecule has 0 radical (unpaired) electrons. The van der Waals surface area contributed by atoms with Gasteiger partial charge in [-0.1, -0.05) is 29.8 Å². The molecule has 0 atom stereocenters. The second kappa shape index (κ2) is 5.23. The van der Waals surface area contributed by atoms with Crippen LogP contribution in [0.3, 0.4) is 0 Å². The molecular weight excluding hydrogens is 248 g/mol. The molecule has 2 rings (SSSR count). The number of ether oxygens (including phenoxy) is 1. The minimum Gasteiger partial charge on any atom is -0.456 e. The van der Waals surface area contributed by atoms with Crippen LogP contribution < -0.4 is 4.74 Å². The molecule has 0 saturated heterocycles. The second-order valence-electron chi connectivity index (χ2n) is 3.44. The van der Waals surface area contributed by atoms with Gasteiger partial charge >= 0.3 is 0 Å². The fourth-order valence-electron chi connectivity index (χ4n) is 1.42. The van der Waals surface area contributed by atoms with Crippen LogP contribution in [0.1, 0.15) is 5.56 Å². The van der Waals surface area contributed by atoms with Crippen molar-refractivity contribution in [3.05, 3.63) is 64.5 Å². The van der Waals surface area contributed by atoms with E-state index in [9.17, 15) is 0 Å². The first-order valence-electron chi connectivity index (χ1n) is 5.08. The van der Waals surface area contributed by atoms with Crippen molar-refractivity contribution in [3.8, 4) is 17.6 Å². The van der Waals surface area contributed by atoms with Crippen LogP contribution in [0.15, 0.2) is 42.5 Å². The molecule has 0 N–H and O–H groups in total. The molecule has 0 aliphatic heterocycles. The smallest absolute Gasteiger partial charge is 0.205 e. The predicted molar refractivity (Wildman–Crippen MR) is 68.9 cm³/mol. The maximum atomic E-state index is 8.94. The van der Waals surface area contributed by atoms with Crippen molar-refractivity contribution < 1.29 is 4.74 Å². The Balaban J connectivity index is 2.33. The van der Waals surface area contributed by atoms with Crippen LogP contribution in [0.2, 0.25) is 5.02 Å². The molecule has 0 amide bonds. The average Bonchev–Trinajstić information content (AvgIpc) is 2.39. The van der Waals surface area contributed by atoms with E-state index >= 15 is 0 Å². The zero-order valence-electron chi connectivity index (χ0n) is 9.22. The van der Waals surface area contributed by atoms with Crippen LogP contribution in [-0.4, -0.2) is 0 Å². The molecule has 0 bridgehead atoms.